The van der Waals surface area contributed by atoms with Crippen molar-refractivity contribution in [2.75, 3.05) is 0 Å². The summed E-state index contributed by atoms with van der Waals surface area (Å²) in [4.78, 5) is 12.6. The fourth-order valence-electron chi connectivity index (χ4n) is 2.43. The Morgan fingerprint density at radius 3 is 1.88 bits per heavy atom. The molecule has 0 spiro atoms. The first-order chi connectivity index (χ1) is 12.5. The Morgan fingerprint density at radius 1 is 0.769 bits per heavy atom. The van der Waals surface area contributed by atoms with Gasteiger partial charge in [-0.1, -0.05) is 60.7 Å². The first-order valence-corrected chi connectivity index (χ1v) is 9.34. The average molecular weight is 366 g/mol. The van der Waals surface area contributed by atoms with E-state index in [4.69, 9.17) is 0 Å². The van der Waals surface area contributed by atoms with Crippen molar-refractivity contribution in [1.82, 2.24) is 0 Å². The quantitative estimate of drug-likeness (QED) is 0.493. The van der Waals surface area contributed by atoms with E-state index in [2.05, 4.69) is 0 Å². The Hall–Kier alpha value is -3.05. The smallest absolute Gasteiger partial charge is 0.210 e. The number of hydrogen-bond acceptors (Lipinski definition) is 3. The Labute approximate surface area is 151 Å². The molecule has 3 rings (SSSR count). The number of sulfone groups is 1. The topological polar surface area (TPSA) is 51.2 Å². The third kappa shape index (κ3) is 3.78. The maximum atomic E-state index is 13.1. The van der Waals surface area contributed by atoms with Gasteiger partial charge in [0.2, 0.25) is 15.6 Å². The van der Waals surface area contributed by atoms with E-state index >= 15 is 0 Å². The maximum Gasteiger partial charge on any atom is 0.210 e. The van der Waals surface area contributed by atoms with Gasteiger partial charge in [0.15, 0.2) is 0 Å². The largest absolute Gasteiger partial charge is 0.288 e. The summed E-state index contributed by atoms with van der Waals surface area (Å²) in [5, 5.41) is 0. The van der Waals surface area contributed by atoms with Crippen LogP contribution in [0.3, 0.4) is 0 Å². The Balaban J connectivity index is 2.16. The van der Waals surface area contributed by atoms with E-state index in [0.717, 1.165) is 0 Å². The molecule has 3 nitrogen and oxygen atoms in total. The lowest BCUT2D eigenvalue weighted by Gasteiger charge is -2.09. The predicted octanol–water partition coefficient (Wildman–Crippen LogP) is 4.52. The SMILES string of the molecule is O=C(/C(=C\c1ccc(F)cc1)S(=O)(=O)c1ccccc1)c1ccccc1. The molecule has 26 heavy (non-hydrogen) atoms. The van der Waals surface area contributed by atoms with Gasteiger partial charge in [0.05, 0.1) is 4.90 Å². The van der Waals surface area contributed by atoms with Gasteiger partial charge in [-0.15, -0.1) is 0 Å². The molecule has 0 aliphatic carbocycles. The van der Waals surface area contributed by atoms with Crippen LogP contribution in [0.4, 0.5) is 4.39 Å². The number of ketones is 1. The second-order valence-corrected chi connectivity index (χ2v) is 7.49. The summed E-state index contributed by atoms with van der Waals surface area (Å²) in [5.41, 5.74) is 0.686. The fraction of sp³-hybridized carbons (Fsp3) is 0. The van der Waals surface area contributed by atoms with Gasteiger partial charge in [0.1, 0.15) is 10.7 Å². The summed E-state index contributed by atoms with van der Waals surface area (Å²) in [6.45, 7) is 0. The number of halogens is 1. The molecule has 0 fully saturated rings. The highest BCUT2D eigenvalue weighted by Crippen LogP contribution is 2.25. The van der Waals surface area contributed by atoms with Crippen molar-refractivity contribution < 1.29 is 17.6 Å². The summed E-state index contributed by atoms with van der Waals surface area (Å²) >= 11 is 0. The summed E-state index contributed by atoms with van der Waals surface area (Å²) < 4.78 is 39.3. The average Bonchev–Trinajstić information content (AvgIpc) is 2.68. The molecule has 3 aromatic carbocycles. The van der Waals surface area contributed by atoms with Crippen LogP contribution in [0.15, 0.2) is 94.7 Å². The van der Waals surface area contributed by atoms with Crippen LogP contribution >= 0.6 is 0 Å². The third-order valence-electron chi connectivity index (χ3n) is 3.77. The van der Waals surface area contributed by atoms with Gasteiger partial charge in [0, 0.05) is 5.56 Å². The van der Waals surface area contributed by atoms with Gasteiger partial charge < -0.3 is 0 Å². The van der Waals surface area contributed by atoms with E-state index in [-0.39, 0.29) is 15.4 Å². The molecule has 130 valence electrons. The van der Waals surface area contributed by atoms with Gasteiger partial charge in [0.25, 0.3) is 0 Å². The van der Waals surface area contributed by atoms with Crippen molar-refractivity contribution in [3.05, 3.63) is 107 Å². The van der Waals surface area contributed by atoms with Crippen molar-refractivity contribution in [3.8, 4) is 0 Å². The van der Waals surface area contributed by atoms with Crippen LogP contribution in [0.5, 0.6) is 0 Å². The zero-order chi connectivity index (χ0) is 18.6. The van der Waals surface area contributed by atoms with Gasteiger partial charge in [-0.3, -0.25) is 4.79 Å². The lowest BCUT2D eigenvalue weighted by atomic mass is 10.1. The molecular weight excluding hydrogens is 351 g/mol. The highest BCUT2D eigenvalue weighted by molar-refractivity contribution is 7.96. The van der Waals surface area contributed by atoms with Crippen LogP contribution in [0.2, 0.25) is 0 Å². The van der Waals surface area contributed by atoms with Crippen LogP contribution in [0, 0.1) is 5.82 Å². The molecule has 0 N–H and O–H groups in total. The summed E-state index contributed by atoms with van der Waals surface area (Å²) in [6, 6.07) is 21.2. The minimum Gasteiger partial charge on any atom is -0.288 e. The van der Waals surface area contributed by atoms with E-state index in [1.807, 2.05) is 0 Å². The summed E-state index contributed by atoms with van der Waals surface area (Å²) in [7, 11) is -4.04. The van der Waals surface area contributed by atoms with E-state index in [1.54, 1.807) is 48.5 Å². The van der Waals surface area contributed by atoms with Crippen LogP contribution in [-0.2, 0) is 9.84 Å². The first kappa shape index (κ1) is 17.8. The first-order valence-electron chi connectivity index (χ1n) is 7.85. The normalized spacial score (nSPS) is 12.0. The molecule has 0 aliphatic rings. The number of hydrogen-bond donors (Lipinski definition) is 0. The molecule has 0 saturated carbocycles. The molecule has 0 saturated heterocycles. The lowest BCUT2D eigenvalue weighted by Crippen LogP contribution is -2.14. The second kappa shape index (κ2) is 7.45. The number of carbonyl (C=O) groups is 1. The summed E-state index contributed by atoms with van der Waals surface area (Å²) in [5.74, 6) is -1.05. The van der Waals surface area contributed by atoms with Crippen LogP contribution < -0.4 is 0 Å². The van der Waals surface area contributed by atoms with Gasteiger partial charge in [-0.25, -0.2) is 12.8 Å². The predicted molar refractivity (Wildman–Crippen MR) is 98.8 cm³/mol. The molecule has 0 aromatic heterocycles. The van der Waals surface area contributed by atoms with Gasteiger partial charge in [-0.2, -0.15) is 0 Å². The second-order valence-electron chi connectivity index (χ2n) is 5.57. The van der Waals surface area contributed by atoms with Crippen molar-refractivity contribution in [2.45, 2.75) is 4.90 Å². The van der Waals surface area contributed by atoms with Crippen LogP contribution in [-0.4, -0.2) is 14.2 Å². The molecule has 0 heterocycles. The van der Waals surface area contributed by atoms with Crippen molar-refractivity contribution >= 4 is 21.7 Å². The Morgan fingerprint density at radius 2 is 1.31 bits per heavy atom. The fourth-order valence-corrected chi connectivity index (χ4v) is 3.86. The lowest BCUT2D eigenvalue weighted by molar-refractivity contribution is 0.104. The standard InChI is InChI=1S/C21H15FO3S/c22-18-13-11-16(12-14-18)15-20(21(23)17-7-3-1-4-8-17)26(24,25)19-9-5-2-6-10-19/h1-15H/b20-15+. The molecule has 0 bridgehead atoms. The van der Waals surface area contributed by atoms with Gasteiger partial charge in [-0.05, 0) is 35.9 Å². The molecule has 3 aromatic rings. The van der Waals surface area contributed by atoms with Gasteiger partial charge >= 0.3 is 0 Å². The summed E-state index contributed by atoms with van der Waals surface area (Å²) in [6.07, 6.45) is 1.27. The number of rotatable bonds is 5. The minimum atomic E-state index is -4.04. The monoisotopic (exact) mass is 366 g/mol. The molecule has 0 aliphatic heterocycles. The molecule has 0 atom stereocenters. The molecule has 5 heteroatoms. The van der Waals surface area contributed by atoms with E-state index in [0.29, 0.717) is 5.56 Å². The maximum absolute atomic E-state index is 13.1. The van der Waals surface area contributed by atoms with E-state index in [1.165, 1.54) is 42.5 Å². The highest BCUT2D eigenvalue weighted by Gasteiger charge is 2.27. The zero-order valence-electron chi connectivity index (χ0n) is 13.7. The van der Waals surface area contributed by atoms with Crippen molar-refractivity contribution in [2.24, 2.45) is 0 Å². The molecular formula is C21H15FO3S. The van der Waals surface area contributed by atoms with Crippen molar-refractivity contribution in [3.63, 3.8) is 0 Å². The Bertz CT molecular complexity index is 1040. The molecule has 0 unspecified atom stereocenters. The highest BCUT2D eigenvalue weighted by atomic mass is 32.2. The van der Waals surface area contributed by atoms with Crippen LogP contribution in [0.1, 0.15) is 15.9 Å². The molecule has 0 radical (unpaired) electrons. The number of carbonyl (C=O) groups excluding carboxylic acids is 1. The van der Waals surface area contributed by atoms with E-state index in [9.17, 15) is 17.6 Å². The Kier molecular flexibility index (Phi) is 5.09. The number of allylic oxidation sites excluding steroid dienone is 1. The zero-order valence-corrected chi connectivity index (χ0v) is 14.5. The number of benzene rings is 3. The van der Waals surface area contributed by atoms with E-state index < -0.39 is 21.4 Å². The van der Waals surface area contributed by atoms with Crippen LogP contribution in [0.25, 0.3) is 6.08 Å². The minimum absolute atomic E-state index is 0.0256. The third-order valence-corrected chi connectivity index (χ3v) is 5.55. The molecule has 0 amide bonds. The number of Topliss-reactive ketones (excluding diaryl/α,β-unsaturated/α-hetero) is 1. The van der Waals surface area contributed by atoms with Crippen molar-refractivity contribution in [1.29, 1.82) is 0 Å².